The second-order valence-electron chi connectivity index (χ2n) is 19.1. The van der Waals surface area contributed by atoms with Crippen LogP contribution in [0, 0.1) is 0 Å². The van der Waals surface area contributed by atoms with Crippen molar-refractivity contribution >= 4 is 7.26 Å². The molecule has 0 saturated heterocycles. The summed E-state index contributed by atoms with van der Waals surface area (Å²) in [5.74, 6) is 0. The molecule has 0 unspecified atom stereocenters. The molecule has 0 nitrogen and oxygen atoms in total. The van der Waals surface area contributed by atoms with E-state index in [0.717, 1.165) is 0 Å². The van der Waals surface area contributed by atoms with Crippen molar-refractivity contribution in [2.45, 2.75) is 323 Å². The Bertz CT molecular complexity index is 596. The van der Waals surface area contributed by atoms with Gasteiger partial charge in [0.2, 0.25) is 0 Å². The molecule has 0 amide bonds. The molecule has 0 bridgehead atoms. The number of hydrogen-bond donors (Lipinski definition) is 0. The van der Waals surface area contributed by atoms with Gasteiger partial charge in [-0.3, -0.25) is 0 Å². The maximum atomic E-state index is 2.34. The molecule has 0 spiro atoms. The second-order valence-corrected chi connectivity index (χ2v) is 23.6. The van der Waals surface area contributed by atoms with Gasteiger partial charge < -0.3 is 0 Å². The molecule has 0 rings (SSSR count). The van der Waals surface area contributed by atoms with E-state index in [0.29, 0.717) is 0 Å². The van der Waals surface area contributed by atoms with Gasteiger partial charge in [-0.25, -0.2) is 0 Å². The molecule has 55 heavy (non-hydrogen) atoms. The summed E-state index contributed by atoms with van der Waals surface area (Å²) in [4.78, 5) is 0. The van der Waals surface area contributed by atoms with Crippen LogP contribution in [0.2, 0.25) is 0 Å². The SMILES string of the molecule is CCCCCCCCCCCCCCCCCC[P+](CCCCCCCCCCCC)(CCCCCCCCCCCC)CCCCCCCCCCCC. The van der Waals surface area contributed by atoms with Gasteiger partial charge >= 0.3 is 0 Å². The van der Waals surface area contributed by atoms with Crippen molar-refractivity contribution in [2.24, 2.45) is 0 Å². The fraction of sp³-hybridized carbons (Fsp3) is 1.00. The van der Waals surface area contributed by atoms with Gasteiger partial charge in [-0.2, -0.15) is 0 Å². The molecule has 0 aliphatic heterocycles. The average molecular weight is 792 g/mol. The van der Waals surface area contributed by atoms with Crippen LogP contribution in [0.5, 0.6) is 0 Å². The van der Waals surface area contributed by atoms with Crippen molar-refractivity contribution in [1.29, 1.82) is 0 Å². The van der Waals surface area contributed by atoms with Gasteiger partial charge in [-0.05, 0) is 51.4 Å². The summed E-state index contributed by atoms with van der Waals surface area (Å²) in [7, 11) is -0.806. The van der Waals surface area contributed by atoms with E-state index in [1.807, 2.05) is 0 Å². The van der Waals surface area contributed by atoms with Gasteiger partial charge in [0, 0.05) is 7.26 Å². The third-order valence-electron chi connectivity index (χ3n) is 13.4. The van der Waals surface area contributed by atoms with E-state index >= 15 is 0 Å². The number of hydrogen-bond acceptors (Lipinski definition) is 0. The molecule has 0 radical (unpaired) electrons. The molecular formula is C54H112P+. The molecule has 332 valence electrons. The van der Waals surface area contributed by atoms with E-state index in [1.54, 1.807) is 50.3 Å². The van der Waals surface area contributed by atoms with Crippen molar-refractivity contribution in [3.63, 3.8) is 0 Å². The summed E-state index contributed by atoms with van der Waals surface area (Å²) in [6.07, 6.45) is 75.3. The molecular weight excluding hydrogens is 680 g/mol. The molecule has 0 fully saturated rings. The van der Waals surface area contributed by atoms with Crippen LogP contribution in [-0.2, 0) is 0 Å². The van der Waals surface area contributed by atoms with Crippen LogP contribution < -0.4 is 0 Å². The standard InChI is InChI=1S/C54H112P/c1-5-9-13-17-21-25-29-30-31-32-33-34-38-42-46-50-54-55(51-47-43-39-35-26-22-18-14-10-6-2,52-48-44-40-36-27-23-19-15-11-7-3)53-49-45-41-37-28-24-20-16-12-8-4/h5-54H2,1-4H3/q+1. The molecule has 0 aliphatic carbocycles. The van der Waals surface area contributed by atoms with Crippen molar-refractivity contribution in [1.82, 2.24) is 0 Å². The lowest BCUT2D eigenvalue weighted by Crippen LogP contribution is -2.13. The minimum Gasteiger partial charge on any atom is -0.0654 e. The van der Waals surface area contributed by atoms with E-state index < -0.39 is 7.26 Å². The first-order valence-electron chi connectivity index (χ1n) is 27.1. The van der Waals surface area contributed by atoms with Gasteiger partial charge in [-0.15, -0.1) is 0 Å². The van der Waals surface area contributed by atoms with Gasteiger partial charge in [0.15, 0.2) is 0 Å². The van der Waals surface area contributed by atoms with Crippen LogP contribution in [0.15, 0.2) is 0 Å². The highest BCUT2D eigenvalue weighted by Gasteiger charge is 2.35. The van der Waals surface area contributed by atoms with Gasteiger partial charge in [0.05, 0.1) is 24.6 Å². The molecule has 0 aliphatic rings. The molecule has 1 heteroatoms. The summed E-state index contributed by atoms with van der Waals surface area (Å²) in [5.41, 5.74) is 0. The Morgan fingerprint density at radius 3 is 0.382 bits per heavy atom. The van der Waals surface area contributed by atoms with Crippen LogP contribution in [0.1, 0.15) is 323 Å². The van der Waals surface area contributed by atoms with Crippen LogP contribution in [-0.4, -0.2) is 24.6 Å². The zero-order valence-corrected chi connectivity index (χ0v) is 40.7. The predicted octanol–water partition coefficient (Wildman–Crippen LogP) is 21.0. The maximum Gasteiger partial charge on any atom is 0.0594 e. The lowest BCUT2D eigenvalue weighted by molar-refractivity contribution is 0.531. The van der Waals surface area contributed by atoms with E-state index in [2.05, 4.69) is 27.7 Å². The quantitative estimate of drug-likeness (QED) is 0.0425. The summed E-state index contributed by atoms with van der Waals surface area (Å²) in [6, 6.07) is 0. The normalized spacial score (nSPS) is 12.0. The summed E-state index contributed by atoms with van der Waals surface area (Å²) in [6.45, 7) is 9.36. The van der Waals surface area contributed by atoms with Crippen molar-refractivity contribution < 1.29 is 0 Å². The van der Waals surface area contributed by atoms with Crippen molar-refractivity contribution in [2.75, 3.05) is 24.6 Å². The van der Waals surface area contributed by atoms with E-state index in [1.165, 1.54) is 270 Å². The molecule has 0 atom stereocenters. The Morgan fingerprint density at radius 1 is 0.145 bits per heavy atom. The largest absolute Gasteiger partial charge is 0.0654 e. The summed E-state index contributed by atoms with van der Waals surface area (Å²) >= 11 is 0. The van der Waals surface area contributed by atoms with Gasteiger partial charge in [0.25, 0.3) is 0 Å². The topological polar surface area (TPSA) is 0 Å². The first kappa shape index (κ1) is 55.4. The average Bonchev–Trinajstić information content (AvgIpc) is 3.19. The Morgan fingerprint density at radius 2 is 0.255 bits per heavy atom. The Labute approximate surface area is 353 Å². The molecule has 0 saturated carbocycles. The fourth-order valence-corrected chi connectivity index (χ4v) is 14.4. The van der Waals surface area contributed by atoms with Gasteiger partial charge in [0.1, 0.15) is 0 Å². The van der Waals surface area contributed by atoms with Crippen molar-refractivity contribution in [3.05, 3.63) is 0 Å². The number of unbranched alkanes of at least 4 members (excludes halogenated alkanes) is 42. The molecule has 0 aromatic carbocycles. The van der Waals surface area contributed by atoms with Crippen LogP contribution in [0.4, 0.5) is 0 Å². The maximum absolute atomic E-state index is 2.34. The molecule has 0 heterocycles. The smallest absolute Gasteiger partial charge is 0.0594 e. The first-order valence-corrected chi connectivity index (χ1v) is 29.6. The highest BCUT2D eigenvalue weighted by atomic mass is 31.2. The van der Waals surface area contributed by atoms with Crippen LogP contribution >= 0.6 is 7.26 Å². The third-order valence-corrected chi connectivity index (χ3v) is 18.5. The summed E-state index contributed by atoms with van der Waals surface area (Å²) < 4.78 is 0. The minimum absolute atomic E-state index is 0.806. The molecule has 0 aromatic heterocycles. The first-order chi connectivity index (χ1) is 27.2. The fourth-order valence-electron chi connectivity index (χ4n) is 9.47. The highest BCUT2D eigenvalue weighted by Crippen LogP contribution is 2.61. The molecule has 0 N–H and O–H groups in total. The minimum atomic E-state index is -0.806. The van der Waals surface area contributed by atoms with Crippen LogP contribution in [0.3, 0.4) is 0 Å². The van der Waals surface area contributed by atoms with E-state index in [4.69, 9.17) is 0 Å². The monoisotopic (exact) mass is 792 g/mol. The third kappa shape index (κ3) is 43.8. The second kappa shape index (κ2) is 48.8. The van der Waals surface area contributed by atoms with E-state index in [-0.39, 0.29) is 0 Å². The number of rotatable bonds is 50. The molecule has 0 aromatic rings. The van der Waals surface area contributed by atoms with Crippen molar-refractivity contribution in [3.8, 4) is 0 Å². The Kier molecular flexibility index (Phi) is 49.2. The summed E-state index contributed by atoms with van der Waals surface area (Å²) in [5, 5.41) is 0. The zero-order chi connectivity index (χ0) is 39.9. The Hall–Kier alpha value is 0.430. The zero-order valence-electron chi connectivity index (χ0n) is 39.8. The highest BCUT2D eigenvalue weighted by molar-refractivity contribution is 7.75. The predicted molar refractivity (Wildman–Crippen MR) is 261 cm³/mol. The van der Waals surface area contributed by atoms with Gasteiger partial charge in [-0.1, -0.05) is 272 Å². The van der Waals surface area contributed by atoms with E-state index in [9.17, 15) is 0 Å². The lowest BCUT2D eigenvalue weighted by Gasteiger charge is -2.28. The lowest BCUT2D eigenvalue weighted by atomic mass is 10.0. The Balaban J connectivity index is 4.80. The van der Waals surface area contributed by atoms with Crippen LogP contribution in [0.25, 0.3) is 0 Å².